The molecule has 1 aliphatic rings. The smallest absolute Gasteiger partial charge is 0.137 e. The molecule has 2 rings (SSSR count). The summed E-state index contributed by atoms with van der Waals surface area (Å²) in [5.41, 5.74) is 2.76. The van der Waals surface area contributed by atoms with Gasteiger partial charge in [-0.25, -0.2) is 0 Å². The minimum Gasteiger partial charge on any atom is -0.491 e. The van der Waals surface area contributed by atoms with E-state index in [4.69, 9.17) is 4.74 Å². The Labute approximate surface area is 87.2 Å². The van der Waals surface area contributed by atoms with Gasteiger partial charge in [-0.2, -0.15) is 0 Å². The first-order valence-electron chi connectivity index (χ1n) is 4.44. The highest BCUT2D eigenvalue weighted by Crippen LogP contribution is 2.43. The molecule has 0 N–H and O–H groups in total. The molecule has 0 radical (unpaired) electrons. The summed E-state index contributed by atoms with van der Waals surface area (Å²) in [5, 5.41) is 0. The first-order chi connectivity index (χ1) is 6.00. The Hall–Kier alpha value is -0.500. The lowest BCUT2D eigenvalue weighted by Gasteiger charge is -2.15. The van der Waals surface area contributed by atoms with Crippen LogP contribution in [0.3, 0.4) is 0 Å². The minimum absolute atomic E-state index is 0.157. The Morgan fingerprint density at radius 3 is 2.77 bits per heavy atom. The SMILES string of the molecule is Cc1cc(Br)c2c(c1)C(C)(C)CO2. The monoisotopic (exact) mass is 240 g/mol. The van der Waals surface area contributed by atoms with E-state index in [-0.39, 0.29) is 5.41 Å². The van der Waals surface area contributed by atoms with Crippen LogP contribution in [0.1, 0.15) is 25.0 Å². The lowest BCUT2D eigenvalue weighted by molar-refractivity contribution is 0.290. The topological polar surface area (TPSA) is 9.23 Å². The quantitative estimate of drug-likeness (QED) is 0.676. The molecule has 0 saturated heterocycles. The largest absolute Gasteiger partial charge is 0.491 e. The molecule has 1 aromatic carbocycles. The molecule has 0 fully saturated rings. The second-order valence-electron chi connectivity index (χ2n) is 4.30. The number of benzene rings is 1. The average molecular weight is 241 g/mol. The van der Waals surface area contributed by atoms with Gasteiger partial charge in [0.05, 0.1) is 11.1 Å². The van der Waals surface area contributed by atoms with Gasteiger partial charge in [0.2, 0.25) is 0 Å². The molecule has 1 heterocycles. The summed E-state index contributed by atoms with van der Waals surface area (Å²) in [6.07, 6.45) is 0. The summed E-state index contributed by atoms with van der Waals surface area (Å²) in [6, 6.07) is 4.31. The zero-order valence-electron chi connectivity index (χ0n) is 8.15. The van der Waals surface area contributed by atoms with E-state index in [1.54, 1.807) is 0 Å². The highest BCUT2D eigenvalue weighted by molar-refractivity contribution is 9.10. The van der Waals surface area contributed by atoms with Crippen LogP contribution in [-0.2, 0) is 5.41 Å². The standard InChI is InChI=1S/C11H13BrO/c1-7-4-8-10(9(12)5-7)13-6-11(8,2)3/h4-5H,6H2,1-3H3. The van der Waals surface area contributed by atoms with Gasteiger partial charge in [-0.05, 0) is 34.5 Å². The number of hydrogen-bond donors (Lipinski definition) is 0. The van der Waals surface area contributed by atoms with Gasteiger partial charge < -0.3 is 4.74 Å². The molecule has 13 heavy (non-hydrogen) atoms. The van der Waals surface area contributed by atoms with Gasteiger partial charge in [0.15, 0.2) is 0 Å². The van der Waals surface area contributed by atoms with Gasteiger partial charge in [0.1, 0.15) is 5.75 Å². The predicted octanol–water partition coefficient (Wildman–Crippen LogP) is 3.43. The Kier molecular flexibility index (Phi) is 1.91. The molecule has 0 saturated carbocycles. The van der Waals surface area contributed by atoms with Crippen molar-refractivity contribution in [1.82, 2.24) is 0 Å². The molecule has 0 amide bonds. The third-order valence-electron chi connectivity index (χ3n) is 2.49. The van der Waals surface area contributed by atoms with Crippen LogP contribution in [0.25, 0.3) is 0 Å². The number of fused-ring (bicyclic) bond motifs is 1. The molecule has 0 unspecified atom stereocenters. The molecule has 1 aromatic rings. The Morgan fingerprint density at radius 2 is 2.08 bits per heavy atom. The van der Waals surface area contributed by atoms with E-state index in [0.29, 0.717) is 0 Å². The third kappa shape index (κ3) is 1.37. The molecule has 70 valence electrons. The van der Waals surface area contributed by atoms with Gasteiger partial charge in [-0.15, -0.1) is 0 Å². The van der Waals surface area contributed by atoms with E-state index >= 15 is 0 Å². The van der Waals surface area contributed by atoms with Gasteiger partial charge in [0.25, 0.3) is 0 Å². The molecule has 0 spiro atoms. The highest BCUT2D eigenvalue weighted by atomic mass is 79.9. The lowest BCUT2D eigenvalue weighted by atomic mass is 9.86. The molecule has 2 heteroatoms. The van der Waals surface area contributed by atoms with E-state index in [1.165, 1.54) is 11.1 Å². The van der Waals surface area contributed by atoms with Crippen LogP contribution < -0.4 is 4.74 Å². The van der Waals surface area contributed by atoms with Crippen LogP contribution in [-0.4, -0.2) is 6.61 Å². The van der Waals surface area contributed by atoms with Crippen LogP contribution in [0.4, 0.5) is 0 Å². The number of halogens is 1. The molecule has 0 atom stereocenters. The maximum Gasteiger partial charge on any atom is 0.137 e. The second kappa shape index (κ2) is 2.74. The van der Waals surface area contributed by atoms with Crippen molar-refractivity contribution in [2.24, 2.45) is 0 Å². The first kappa shape index (κ1) is 9.07. The summed E-state index contributed by atoms with van der Waals surface area (Å²) in [7, 11) is 0. The molecule has 1 nitrogen and oxygen atoms in total. The van der Waals surface area contributed by atoms with E-state index in [9.17, 15) is 0 Å². The highest BCUT2D eigenvalue weighted by Gasteiger charge is 2.33. The summed E-state index contributed by atoms with van der Waals surface area (Å²) >= 11 is 3.52. The van der Waals surface area contributed by atoms with Crippen molar-refractivity contribution in [3.63, 3.8) is 0 Å². The summed E-state index contributed by atoms with van der Waals surface area (Å²) < 4.78 is 6.73. The maximum absolute atomic E-state index is 5.65. The molecule has 1 aliphatic heterocycles. The zero-order chi connectivity index (χ0) is 9.64. The minimum atomic E-state index is 0.157. The Balaban J connectivity index is 2.65. The molecule has 0 bridgehead atoms. The van der Waals surface area contributed by atoms with Gasteiger partial charge in [-0.3, -0.25) is 0 Å². The summed E-state index contributed by atoms with van der Waals surface area (Å²) in [5.74, 6) is 1.02. The number of hydrogen-bond acceptors (Lipinski definition) is 1. The maximum atomic E-state index is 5.65. The molecular formula is C11H13BrO. The van der Waals surface area contributed by atoms with E-state index < -0.39 is 0 Å². The van der Waals surface area contributed by atoms with Crippen LogP contribution in [0.15, 0.2) is 16.6 Å². The molecule has 0 aliphatic carbocycles. The van der Waals surface area contributed by atoms with E-state index in [0.717, 1.165) is 16.8 Å². The van der Waals surface area contributed by atoms with E-state index in [1.807, 2.05) is 0 Å². The van der Waals surface area contributed by atoms with Crippen molar-refractivity contribution in [1.29, 1.82) is 0 Å². The van der Waals surface area contributed by atoms with Gasteiger partial charge in [0, 0.05) is 11.0 Å². The Bertz CT molecular complexity index is 355. The average Bonchev–Trinajstić information content (AvgIpc) is 2.28. The van der Waals surface area contributed by atoms with Crippen molar-refractivity contribution >= 4 is 15.9 Å². The Morgan fingerprint density at radius 1 is 1.38 bits per heavy atom. The lowest BCUT2D eigenvalue weighted by Crippen LogP contribution is -2.18. The number of aryl methyl sites for hydroxylation is 1. The summed E-state index contributed by atoms with van der Waals surface area (Å²) in [4.78, 5) is 0. The van der Waals surface area contributed by atoms with Crippen LogP contribution in [0, 0.1) is 6.92 Å². The third-order valence-corrected chi connectivity index (χ3v) is 3.08. The fourth-order valence-corrected chi connectivity index (χ4v) is 2.40. The molecular weight excluding hydrogens is 228 g/mol. The number of ether oxygens (including phenoxy) is 1. The van der Waals surface area contributed by atoms with Crippen molar-refractivity contribution in [2.45, 2.75) is 26.2 Å². The van der Waals surface area contributed by atoms with Crippen molar-refractivity contribution in [2.75, 3.05) is 6.61 Å². The van der Waals surface area contributed by atoms with Crippen molar-refractivity contribution < 1.29 is 4.74 Å². The van der Waals surface area contributed by atoms with Crippen LogP contribution in [0.2, 0.25) is 0 Å². The first-order valence-corrected chi connectivity index (χ1v) is 5.23. The predicted molar refractivity (Wildman–Crippen MR) is 57.4 cm³/mol. The second-order valence-corrected chi connectivity index (χ2v) is 5.15. The molecule has 0 aromatic heterocycles. The van der Waals surface area contributed by atoms with E-state index in [2.05, 4.69) is 48.8 Å². The van der Waals surface area contributed by atoms with Crippen molar-refractivity contribution in [3.8, 4) is 5.75 Å². The fourth-order valence-electron chi connectivity index (χ4n) is 1.71. The van der Waals surface area contributed by atoms with Crippen LogP contribution >= 0.6 is 15.9 Å². The zero-order valence-corrected chi connectivity index (χ0v) is 9.73. The number of rotatable bonds is 0. The van der Waals surface area contributed by atoms with Gasteiger partial charge in [-0.1, -0.05) is 19.9 Å². The van der Waals surface area contributed by atoms with Crippen molar-refractivity contribution in [3.05, 3.63) is 27.7 Å². The van der Waals surface area contributed by atoms with Gasteiger partial charge >= 0.3 is 0 Å². The normalized spacial score (nSPS) is 18.2. The van der Waals surface area contributed by atoms with Crippen LogP contribution in [0.5, 0.6) is 5.75 Å². The summed E-state index contributed by atoms with van der Waals surface area (Å²) in [6.45, 7) is 7.32. The fraction of sp³-hybridized carbons (Fsp3) is 0.455.